The number of nitrogens with two attached hydrogens (primary N) is 1. The van der Waals surface area contributed by atoms with Crippen molar-refractivity contribution in [2.45, 2.75) is 6.54 Å². The smallest absolute Gasteiger partial charge is 0.149 e. The number of aromatic nitrogens is 1. The maximum absolute atomic E-state index is 8.80. The van der Waals surface area contributed by atoms with Crippen molar-refractivity contribution in [3.8, 4) is 6.07 Å². The predicted molar refractivity (Wildman–Crippen MR) is 72.1 cm³/mol. The fourth-order valence-electron chi connectivity index (χ4n) is 1.54. The standard InChI is InChI=1S/C13H11ClN4/c14-11-5-12(16)13(18-8-11)17-7-10-3-1-2-9(4-10)6-15/h1-5,8H,7,16H2,(H,17,18). The van der Waals surface area contributed by atoms with Crippen LogP contribution in [0.3, 0.4) is 0 Å². The summed E-state index contributed by atoms with van der Waals surface area (Å²) < 4.78 is 0. The van der Waals surface area contributed by atoms with Crippen molar-refractivity contribution in [1.29, 1.82) is 5.26 Å². The Bertz CT molecular complexity index is 604. The fraction of sp³-hybridized carbons (Fsp3) is 0.0769. The molecule has 0 spiro atoms. The van der Waals surface area contributed by atoms with Crippen LogP contribution in [-0.4, -0.2) is 4.98 Å². The normalized spacial score (nSPS) is 9.78. The predicted octanol–water partition coefficient (Wildman–Crippen LogP) is 2.80. The molecule has 0 aliphatic heterocycles. The van der Waals surface area contributed by atoms with E-state index in [-0.39, 0.29) is 0 Å². The molecule has 0 amide bonds. The van der Waals surface area contributed by atoms with Crippen molar-refractivity contribution >= 4 is 23.1 Å². The molecule has 0 aliphatic rings. The zero-order chi connectivity index (χ0) is 13.0. The summed E-state index contributed by atoms with van der Waals surface area (Å²) in [5, 5.41) is 12.4. The van der Waals surface area contributed by atoms with Gasteiger partial charge in [0.05, 0.1) is 22.3 Å². The third-order valence-corrected chi connectivity index (χ3v) is 2.61. The molecule has 0 saturated carbocycles. The molecule has 0 atom stereocenters. The molecule has 18 heavy (non-hydrogen) atoms. The van der Waals surface area contributed by atoms with Gasteiger partial charge in [0.2, 0.25) is 0 Å². The second-order valence-electron chi connectivity index (χ2n) is 3.76. The average Bonchev–Trinajstić information content (AvgIpc) is 2.38. The minimum Gasteiger partial charge on any atom is -0.396 e. The number of rotatable bonds is 3. The molecule has 0 aliphatic carbocycles. The van der Waals surface area contributed by atoms with Gasteiger partial charge in [-0.25, -0.2) is 4.98 Å². The SMILES string of the molecule is N#Cc1cccc(CNc2ncc(Cl)cc2N)c1. The van der Waals surface area contributed by atoms with Gasteiger partial charge in [-0.1, -0.05) is 23.7 Å². The summed E-state index contributed by atoms with van der Waals surface area (Å²) in [5.41, 5.74) is 7.90. The van der Waals surface area contributed by atoms with Crippen molar-refractivity contribution in [3.63, 3.8) is 0 Å². The molecule has 1 aromatic carbocycles. The lowest BCUT2D eigenvalue weighted by Crippen LogP contribution is -2.04. The first-order valence-electron chi connectivity index (χ1n) is 5.33. The Morgan fingerprint density at radius 1 is 1.39 bits per heavy atom. The Labute approximate surface area is 110 Å². The van der Waals surface area contributed by atoms with E-state index in [4.69, 9.17) is 22.6 Å². The fourth-order valence-corrected chi connectivity index (χ4v) is 1.71. The highest BCUT2D eigenvalue weighted by molar-refractivity contribution is 6.30. The lowest BCUT2D eigenvalue weighted by atomic mass is 10.1. The summed E-state index contributed by atoms with van der Waals surface area (Å²) in [6.07, 6.45) is 1.53. The summed E-state index contributed by atoms with van der Waals surface area (Å²) in [4.78, 5) is 4.10. The van der Waals surface area contributed by atoms with Gasteiger partial charge < -0.3 is 11.1 Å². The number of benzene rings is 1. The molecule has 4 nitrogen and oxygen atoms in total. The van der Waals surface area contributed by atoms with E-state index >= 15 is 0 Å². The van der Waals surface area contributed by atoms with Gasteiger partial charge in [0.25, 0.3) is 0 Å². The zero-order valence-corrected chi connectivity index (χ0v) is 10.3. The zero-order valence-electron chi connectivity index (χ0n) is 9.52. The van der Waals surface area contributed by atoms with Crippen LogP contribution in [0.2, 0.25) is 5.02 Å². The van der Waals surface area contributed by atoms with Crippen molar-refractivity contribution in [2.24, 2.45) is 0 Å². The summed E-state index contributed by atoms with van der Waals surface area (Å²) >= 11 is 5.77. The Morgan fingerprint density at radius 2 is 2.22 bits per heavy atom. The van der Waals surface area contributed by atoms with E-state index in [0.717, 1.165) is 5.56 Å². The average molecular weight is 259 g/mol. The molecule has 2 rings (SSSR count). The maximum Gasteiger partial charge on any atom is 0.149 e. The largest absolute Gasteiger partial charge is 0.396 e. The van der Waals surface area contributed by atoms with Crippen LogP contribution in [0.5, 0.6) is 0 Å². The number of nitrogens with one attached hydrogen (secondary N) is 1. The first-order chi connectivity index (χ1) is 8.69. The number of halogens is 1. The van der Waals surface area contributed by atoms with Gasteiger partial charge in [0, 0.05) is 12.7 Å². The first kappa shape index (κ1) is 12.2. The van der Waals surface area contributed by atoms with Crippen LogP contribution in [0.25, 0.3) is 0 Å². The van der Waals surface area contributed by atoms with Crippen molar-refractivity contribution in [2.75, 3.05) is 11.1 Å². The van der Waals surface area contributed by atoms with Gasteiger partial charge in [-0.2, -0.15) is 5.26 Å². The topological polar surface area (TPSA) is 74.7 Å². The lowest BCUT2D eigenvalue weighted by Gasteiger charge is -2.08. The van der Waals surface area contributed by atoms with E-state index in [1.807, 2.05) is 18.2 Å². The van der Waals surface area contributed by atoms with Gasteiger partial charge in [0.15, 0.2) is 0 Å². The molecule has 0 radical (unpaired) electrons. The van der Waals surface area contributed by atoms with E-state index in [1.165, 1.54) is 6.20 Å². The first-order valence-corrected chi connectivity index (χ1v) is 5.71. The van der Waals surface area contributed by atoms with E-state index in [1.54, 1.807) is 12.1 Å². The minimum atomic E-state index is 0.499. The molecule has 90 valence electrons. The summed E-state index contributed by atoms with van der Waals surface area (Å²) in [5.74, 6) is 0.585. The molecule has 1 heterocycles. The Kier molecular flexibility index (Phi) is 3.66. The number of nitriles is 1. The molecular formula is C13H11ClN4. The van der Waals surface area contributed by atoms with Crippen LogP contribution >= 0.6 is 11.6 Å². The van der Waals surface area contributed by atoms with Crippen molar-refractivity contribution < 1.29 is 0 Å². The van der Waals surface area contributed by atoms with Gasteiger partial charge in [-0.3, -0.25) is 0 Å². The summed E-state index contributed by atoms with van der Waals surface area (Å²) in [6.45, 7) is 0.550. The van der Waals surface area contributed by atoms with Crippen LogP contribution in [-0.2, 0) is 6.54 Å². The van der Waals surface area contributed by atoms with E-state index in [2.05, 4.69) is 16.4 Å². The monoisotopic (exact) mass is 258 g/mol. The number of hydrogen-bond acceptors (Lipinski definition) is 4. The molecule has 0 unspecified atom stereocenters. The number of nitrogens with zero attached hydrogens (tertiary/aromatic N) is 2. The highest BCUT2D eigenvalue weighted by atomic mass is 35.5. The highest BCUT2D eigenvalue weighted by Crippen LogP contribution is 2.20. The molecule has 0 bridgehead atoms. The molecule has 2 aromatic rings. The second kappa shape index (κ2) is 5.39. The van der Waals surface area contributed by atoms with Gasteiger partial charge in [-0.15, -0.1) is 0 Å². The number of anilines is 2. The van der Waals surface area contributed by atoms with E-state index in [0.29, 0.717) is 28.6 Å². The van der Waals surface area contributed by atoms with Crippen molar-refractivity contribution in [3.05, 3.63) is 52.7 Å². The Hall–Kier alpha value is -2.25. The molecule has 1 aromatic heterocycles. The Balaban J connectivity index is 2.09. The quantitative estimate of drug-likeness (QED) is 0.888. The van der Waals surface area contributed by atoms with Crippen LogP contribution < -0.4 is 11.1 Å². The minimum absolute atomic E-state index is 0.499. The van der Waals surface area contributed by atoms with Gasteiger partial charge >= 0.3 is 0 Å². The van der Waals surface area contributed by atoms with Gasteiger partial charge in [0.1, 0.15) is 5.82 Å². The van der Waals surface area contributed by atoms with Crippen LogP contribution in [0.15, 0.2) is 36.5 Å². The van der Waals surface area contributed by atoms with Crippen LogP contribution in [0.4, 0.5) is 11.5 Å². The molecule has 0 saturated heterocycles. The summed E-state index contributed by atoms with van der Waals surface area (Å²) in [6, 6.07) is 11.1. The molecule has 3 N–H and O–H groups in total. The maximum atomic E-state index is 8.80. The second-order valence-corrected chi connectivity index (χ2v) is 4.19. The third kappa shape index (κ3) is 2.90. The van der Waals surface area contributed by atoms with E-state index < -0.39 is 0 Å². The summed E-state index contributed by atoms with van der Waals surface area (Å²) in [7, 11) is 0. The highest BCUT2D eigenvalue weighted by Gasteiger charge is 2.02. The molecular weight excluding hydrogens is 248 g/mol. The number of pyridine rings is 1. The number of hydrogen-bond donors (Lipinski definition) is 2. The molecule has 5 heteroatoms. The van der Waals surface area contributed by atoms with Crippen molar-refractivity contribution in [1.82, 2.24) is 4.98 Å². The lowest BCUT2D eigenvalue weighted by molar-refractivity contribution is 1.11. The molecule has 0 fully saturated rings. The van der Waals surface area contributed by atoms with Crippen LogP contribution in [0, 0.1) is 11.3 Å². The van der Waals surface area contributed by atoms with Crippen LogP contribution in [0.1, 0.15) is 11.1 Å². The number of nitrogen functional groups attached to an aromatic ring is 1. The van der Waals surface area contributed by atoms with E-state index in [9.17, 15) is 0 Å². The third-order valence-electron chi connectivity index (χ3n) is 2.40. The van der Waals surface area contributed by atoms with Gasteiger partial charge in [-0.05, 0) is 23.8 Å². The Morgan fingerprint density at radius 3 is 2.94 bits per heavy atom.